The Morgan fingerprint density at radius 2 is 1.08 bits per heavy atom. The minimum Gasteiger partial charge on any atom is -0.388 e. The van der Waals surface area contributed by atoms with Gasteiger partial charge in [0.15, 0.2) is 5.78 Å². The summed E-state index contributed by atoms with van der Waals surface area (Å²) in [5.74, 6) is -2.37. The van der Waals surface area contributed by atoms with Gasteiger partial charge in [-0.05, 0) is 32.2 Å². The molecule has 314 valence electrons. The Hall–Kier alpha value is -0.810. The van der Waals surface area contributed by atoms with E-state index < -0.39 is 30.3 Å². The number of ether oxygens (including phenoxy) is 1. The van der Waals surface area contributed by atoms with E-state index in [-0.39, 0.29) is 49.5 Å². The highest BCUT2D eigenvalue weighted by molar-refractivity contribution is 5.85. The largest absolute Gasteiger partial charge is 0.388 e. The fourth-order valence-corrected chi connectivity index (χ4v) is 8.11. The first-order chi connectivity index (χ1) is 25.3. The summed E-state index contributed by atoms with van der Waals surface area (Å²) in [6, 6.07) is -0.323. The molecule has 0 unspecified atom stereocenters. The van der Waals surface area contributed by atoms with Gasteiger partial charge in [0.2, 0.25) is 11.8 Å². The van der Waals surface area contributed by atoms with Crippen molar-refractivity contribution in [3.63, 3.8) is 0 Å². The first-order valence-electron chi connectivity index (χ1n) is 22.3. The van der Waals surface area contributed by atoms with Crippen molar-refractivity contribution in [3.05, 3.63) is 0 Å². The quantitative estimate of drug-likeness (QED) is 0.0328. The van der Waals surface area contributed by atoms with Crippen LogP contribution in [-0.2, 0) is 14.3 Å². The number of nitrogens with two attached hydrogens (primary N) is 1. The van der Waals surface area contributed by atoms with Crippen LogP contribution >= 0.6 is 12.4 Å². The van der Waals surface area contributed by atoms with Crippen LogP contribution in [0.15, 0.2) is 0 Å². The second-order valence-corrected chi connectivity index (χ2v) is 16.3. The van der Waals surface area contributed by atoms with Gasteiger partial charge in [-0.25, -0.2) is 0 Å². The zero-order valence-electron chi connectivity index (χ0n) is 34.2. The third kappa shape index (κ3) is 20.3. The van der Waals surface area contributed by atoms with Gasteiger partial charge < -0.3 is 25.4 Å². The molecule has 0 aliphatic carbocycles. The van der Waals surface area contributed by atoms with Crippen molar-refractivity contribution in [1.29, 1.82) is 0 Å². The van der Waals surface area contributed by atoms with Gasteiger partial charge in [-0.15, -0.1) is 12.4 Å². The van der Waals surface area contributed by atoms with Crippen LogP contribution < -0.4 is 11.1 Å². The first kappa shape index (κ1) is 50.2. The number of aliphatic hydroxyl groups excluding tert-OH is 3. The molecule has 0 aromatic rings. The number of nitrogens with zero attached hydrogens (tertiary/aromatic N) is 1. The Labute approximate surface area is 331 Å². The fraction of sp³-hybridized carbons (Fsp3) is 0.953. The van der Waals surface area contributed by atoms with Crippen LogP contribution in [-0.4, -0.2) is 81.3 Å². The minimum absolute atomic E-state index is 0. The number of nitrogens with one attached hydrogen (secondary N) is 1. The van der Waals surface area contributed by atoms with Crippen molar-refractivity contribution in [2.24, 2.45) is 5.73 Å². The molecule has 2 aliphatic heterocycles. The maximum Gasteiger partial charge on any atom is 0.227 e. The molecule has 0 spiro atoms. The molecular weight excluding hydrogens is 690 g/mol. The SMILES string of the molecule is CCCCCCCCCCCCCCCCCC(=O)N(CCCCCCCCCCCCCC)[C@]1(N)O[C@H](CC(=O)[C@@H]2CCCN2)[C@@H](O)[C@H](O)[C@H]1O.Cl. The van der Waals surface area contributed by atoms with Crippen molar-refractivity contribution in [2.45, 2.75) is 249 Å². The normalized spacial score (nSPS) is 24.3. The smallest absolute Gasteiger partial charge is 0.227 e. The van der Waals surface area contributed by atoms with Crippen molar-refractivity contribution in [3.8, 4) is 0 Å². The maximum absolute atomic E-state index is 13.8. The molecule has 6 atom stereocenters. The van der Waals surface area contributed by atoms with E-state index in [4.69, 9.17) is 10.5 Å². The number of rotatable bonds is 33. The molecule has 2 aliphatic rings. The molecule has 6 N–H and O–H groups in total. The van der Waals surface area contributed by atoms with E-state index in [0.717, 1.165) is 51.5 Å². The number of amides is 1. The lowest BCUT2D eigenvalue weighted by Gasteiger charge is -2.51. The minimum atomic E-state index is -2.03. The van der Waals surface area contributed by atoms with Crippen molar-refractivity contribution in [2.75, 3.05) is 13.1 Å². The highest BCUT2D eigenvalue weighted by Gasteiger charge is 2.56. The molecule has 0 radical (unpaired) electrons. The Morgan fingerprint density at radius 3 is 1.49 bits per heavy atom. The fourth-order valence-electron chi connectivity index (χ4n) is 8.11. The summed E-state index contributed by atoms with van der Waals surface area (Å²) in [4.78, 5) is 28.2. The molecule has 0 bridgehead atoms. The summed E-state index contributed by atoms with van der Waals surface area (Å²) >= 11 is 0. The van der Waals surface area contributed by atoms with Crippen molar-refractivity contribution in [1.82, 2.24) is 10.2 Å². The van der Waals surface area contributed by atoms with Gasteiger partial charge in [-0.3, -0.25) is 20.2 Å². The highest BCUT2D eigenvalue weighted by atomic mass is 35.5. The van der Waals surface area contributed by atoms with Crippen molar-refractivity contribution >= 4 is 24.1 Å². The number of Topliss-reactive ketones (excluding diaryl/α,β-unsaturated/α-hetero) is 1. The molecule has 10 heteroatoms. The maximum atomic E-state index is 13.8. The van der Waals surface area contributed by atoms with Gasteiger partial charge in [-0.2, -0.15) is 0 Å². The Kier molecular flexibility index (Phi) is 29.6. The molecule has 2 rings (SSSR count). The van der Waals surface area contributed by atoms with E-state index in [2.05, 4.69) is 19.2 Å². The van der Waals surface area contributed by atoms with Crippen LogP contribution in [0.25, 0.3) is 0 Å². The van der Waals surface area contributed by atoms with Crippen LogP contribution in [0.1, 0.15) is 213 Å². The molecule has 1 amide bonds. The Balaban J connectivity index is 0.0000140. The molecular formula is C43H84ClN3O6. The van der Waals surface area contributed by atoms with Crippen LogP contribution in [0.4, 0.5) is 0 Å². The second-order valence-electron chi connectivity index (χ2n) is 16.3. The van der Waals surface area contributed by atoms with Gasteiger partial charge in [-0.1, -0.05) is 174 Å². The number of carbonyl (C=O) groups is 2. The molecule has 2 saturated heterocycles. The van der Waals surface area contributed by atoms with Gasteiger partial charge in [0.1, 0.15) is 18.3 Å². The number of hydrogen-bond donors (Lipinski definition) is 5. The topological polar surface area (TPSA) is 145 Å². The van der Waals surface area contributed by atoms with Gasteiger partial charge in [0.05, 0.1) is 12.1 Å². The summed E-state index contributed by atoms with van der Waals surface area (Å²) < 4.78 is 6.14. The number of hydrogen-bond acceptors (Lipinski definition) is 8. The average Bonchev–Trinajstić information content (AvgIpc) is 3.69. The lowest BCUT2D eigenvalue weighted by atomic mass is 9.90. The van der Waals surface area contributed by atoms with E-state index in [9.17, 15) is 24.9 Å². The summed E-state index contributed by atoms with van der Waals surface area (Å²) in [6.07, 6.45) is 28.6. The number of ketones is 1. The van der Waals surface area contributed by atoms with Crippen LogP contribution in [0, 0.1) is 0 Å². The molecule has 2 heterocycles. The van der Waals surface area contributed by atoms with E-state index in [1.54, 1.807) is 0 Å². The Bertz CT molecular complexity index is 909. The standard InChI is InChI=1S/C43H83N3O6.ClH/c1-3-5-7-9-11-13-15-17-18-19-20-22-24-26-28-32-39(48)46(34-29-27-25-23-21-16-14-12-10-8-6-4-2)43(44)42(51)41(50)40(49)38(52-43)35-37(47)36-31-30-33-45-36;/h36,38,40-42,45,49-51H,3-35,44H2,1-2H3;1H/t36-,38+,40+,41-,42+,43-;/m0./s1. The number of aliphatic hydroxyl groups is 3. The molecule has 0 aromatic carbocycles. The van der Waals surface area contributed by atoms with E-state index in [1.165, 1.54) is 133 Å². The summed E-state index contributed by atoms with van der Waals surface area (Å²) in [6.45, 7) is 5.56. The second kappa shape index (κ2) is 31.3. The summed E-state index contributed by atoms with van der Waals surface area (Å²) in [5, 5.41) is 36.1. The lowest BCUT2D eigenvalue weighted by molar-refractivity contribution is -0.309. The van der Waals surface area contributed by atoms with Crippen LogP contribution in [0.5, 0.6) is 0 Å². The Morgan fingerprint density at radius 1 is 0.660 bits per heavy atom. The van der Waals surface area contributed by atoms with E-state index in [0.29, 0.717) is 12.8 Å². The average molecular weight is 775 g/mol. The van der Waals surface area contributed by atoms with Gasteiger partial charge in [0, 0.05) is 19.4 Å². The summed E-state index contributed by atoms with van der Waals surface area (Å²) in [5.41, 5.74) is 6.75. The molecule has 53 heavy (non-hydrogen) atoms. The van der Waals surface area contributed by atoms with Gasteiger partial charge in [0.25, 0.3) is 0 Å². The molecule has 2 fully saturated rings. The number of carbonyl (C=O) groups excluding carboxylic acids is 2. The third-order valence-electron chi connectivity index (χ3n) is 11.6. The zero-order valence-corrected chi connectivity index (χ0v) is 35.0. The van der Waals surface area contributed by atoms with Crippen LogP contribution in [0.2, 0.25) is 0 Å². The molecule has 0 aromatic heterocycles. The van der Waals surface area contributed by atoms with Crippen LogP contribution in [0.3, 0.4) is 0 Å². The zero-order chi connectivity index (χ0) is 37.9. The predicted molar refractivity (Wildman–Crippen MR) is 220 cm³/mol. The first-order valence-corrected chi connectivity index (χ1v) is 22.3. The number of halogens is 1. The summed E-state index contributed by atoms with van der Waals surface area (Å²) in [7, 11) is 0. The molecule has 9 nitrogen and oxygen atoms in total. The highest BCUT2D eigenvalue weighted by Crippen LogP contribution is 2.33. The van der Waals surface area contributed by atoms with E-state index >= 15 is 0 Å². The monoisotopic (exact) mass is 774 g/mol. The predicted octanol–water partition coefficient (Wildman–Crippen LogP) is 9.00. The van der Waals surface area contributed by atoms with E-state index in [1.807, 2.05) is 0 Å². The van der Waals surface area contributed by atoms with Gasteiger partial charge >= 0.3 is 0 Å². The third-order valence-corrected chi connectivity index (χ3v) is 11.6. The number of unbranched alkanes of at least 4 members (excludes halogenated alkanes) is 25. The molecule has 0 saturated carbocycles. The van der Waals surface area contributed by atoms with Crippen molar-refractivity contribution < 1.29 is 29.6 Å². The lowest BCUT2D eigenvalue weighted by Crippen LogP contribution is -2.76.